The van der Waals surface area contributed by atoms with Gasteiger partial charge in [-0.05, 0) is 19.0 Å². The number of rotatable bonds is 6. The number of amides is 1. The maximum atomic E-state index is 12.6. The van der Waals surface area contributed by atoms with Crippen molar-refractivity contribution in [2.45, 2.75) is 17.7 Å². The van der Waals surface area contributed by atoms with Gasteiger partial charge >= 0.3 is 0 Å². The highest BCUT2D eigenvalue weighted by Crippen LogP contribution is 2.22. The minimum Gasteiger partial charge on any atom is -0.340 e. The van der Waals surface area contributed by atoms with E-state index in [4.69, 9.17) is 5.73 Å². The molecule has 0 bridgehead atoms. The molecule has 1 fully saturated rings. The van der Waals surface area contributed by atoms with Crippen LogP contribution in [-0.2, 0) is 14.8 Å². The second kappa shape index (κ2) is 7.69. The van der Waals surface area contributed by atoms with Gasteiger partial charge in [0.1, 0.15) is 0 Å². The topological polar surface area (TPSA) is 127 Å². The summed E-state index contributed by atoms with van der Waals surface area (Å²) in [4.78, 5) is 23.6. The molecule has 1 aliphatic heterocycles. The first kappa shape index (κ1) is 18.3. The van der Waals surface area contributed by atoms with E-state index in [2.05, 4.69) is 0 Å². The molecule has 1 aromatic carbocycles. The zero-order chi connectivity index (χ0) is 17.7. The lowest BCUT2D eigenvalue weighted by atomic mass is 10.2. The fourth-order valence-corrected chi connectivity index (χ4v) is 3.96. The molecule has 1 amide bonds. The molecule has 0 aromatic heterocycles. The Bertz CT molecular complexity index is 714. The first-order chi connectivity index (χ1) is 11.4. The molecule has 0 spiro atoms. The van der Waals surface area contributed by atoms with Gasteiger partial charge in [-0.3, -0.25) is 14.9 Å². The van der Waals surface area contributed by atoms with E-state index in [0.29, 0.717) is 32.5 Å². The Morgan fingerprint density at radius 1 is 1.25 bits per heavy atom. The molecular formula is C14H20N4O5S. The van der Waals surface area contributed by atoms with E-state index in [0.717, 1.165) is 6.07 Å². The summed E-state index contributed by atoms with van der Waals surface area (Å²) in [6.45, 7) is 1.38. The van der Waals surface area contributed by atoms with Crippen LogP contribution >= 0.6 is 0 Å². The maximum absolute atomic E-state index is 12.6. The van der Waals surface area contributed by atoms with Gasteiger partial charge in [-0.1, -0.05) is 6.07 Å². The van der Waals surface area contributed by atoms with Crippen LogP contribution in [0.5, 0.6) is 0 Å². The number of carbonyl (C=O) groups excluding carboxylic acids is 1. The van der Waals surface area contributed by atoms with Gasteiger partial charge in [0.15, 0.2) is 0 Å². The van der Waals surface area contributed by atoms with Gasteiger partial charge in [0.25, 0.3) is 5.69 Å². The third kappa shape index (κ3) is 4.08. The number of sulfonamides is 1. The molecule has 0 saturated carbocycles. The van der Waals surface area contributed by atoms with E-state index >= 15 is 0 Å². The number of benzene rings is 1. The molecule has 0 atom stereocenters. The molecule has 0 aliphatic carbocycles. The first-order valence-electron chi connectivity index (χ1n) is 7.58. The van der Waals surface area contributed by atoms with Gasteiger partial charge in [0.05, 0.1) is 9.82 Å². The summed E-state index contributed by atoms with van der Waals surface area (Å²) >= 11 is 0. The summed E-state index contributed by atoms with van der Waals surface area (Å²) in [7, 11) is -3.81. The van der Waals surface area contributed by atoms with Crippen molar-refractivity contribution in [3.8, 4) is 0 Å². The van der Waals surface area contributed by atoms with Crippen molar-refractivity contribution in [3.05, 3.63) is 34.4 Å². The molecule has 1 aromatic rings. The first-order valence-corrected chi connectivity index (χ1v) is 9.02. The smallest absolute Gasteiger partial charge is 0.270 e. The standard InChI is InChI=1S/C14H20N4O5S/c15-6-2-5-14(19)16-7-9-17(10-8-16)24(22,23)13-4-1-3-12(11-13)18(20)21/h1,3-4,11H,2,5-10,15H2. The summed E-state index contributed by atoms with van der Waals surface area (Å²) in [5.74, 6) is -0.0344. The third-order valence-corrected chi connectivity index (χ3v) is 5.75. The van der Waals surface area contributed by atoms with Gasteiger partial charge in [0, 0.05) is 44.7 Å². The lowest BCUT2D eigenvalue weighted by molar-refractivity contribution is -0.385. The van der Waals surface area contributed by atoms with Crippen molar-refractivity contribution in [3.63, 3.8) is 0 Å². The Labute approximate surface area is 140 Å². The molecule has 10 heteroatoms. The zero-order valence-corrected chi connectivity index (χ0v) is 13.9. The van der Waals surface area contributed by atoms with Gasteiger partial charge in [-0.25, -0.2) is 8.42 Å². The Balaban J connectivity index is 2.06. The average molecular weight is 356 g/mol. The van der Waals surface area contributed by atoms with Crippen LogP contribution in [0.1, 0.15) is 12.8 Å². The van der Waals surface area contributed by atoms with E-state index in [-0.39, 0.29) is 29.6 Å². The highest BCUT2D eigenvalue weighted by atomic mass is 32.2. The Hall–Kier alpha value is -2.04. The van der Waals surface area contributed by atoms with Gasteiger partial charge in [-0.15, -0.1) is 0 Å². The summed E-state index contributed by atoms with van der Waals surface area (Å²) in [6.07, 6.45) is 0.957. The molecule has 0 unspecified atom stereocenters. The Morgan fingerprint density at radius 3 is 2.50 bits per heavy atom. The van der Waals surface area contributed by atoms with Crippen molar-refractivity contribution < 1.29 is 18.1 Å². The van der Waals surface area contributed by atoms with Crippen LogP contribution in [0, 0.1) is 10.1 Å². The number of nitrogens with zero attached hydrogens (tertiary/aromatic N) is 3. The van der Waals surface area contributed by atoms with Crippen LogP contribution in [0.25, 0.3) is 0 Å². The minimum absolute atomic E-state index is 0.0344. The zero-order valence-electron chi connectivity index (χ0n) is 13.1. The molecule has 9 nitrogen and oxygen atoms in total. The monoisotopic (exact) mass is 356 g/mol. The molecule has 132 valence electrons. The number of nitro groups is 1. The van der Waals surface area contributed by atoms with Crippen LogP contribution in [0.4, 0.5) is 5.69 Å². The second-order valence-electron chi connectivity index (χ2n) is 5.43. The van der Waals surface area contributed by atoms with Crippen LogP contribution in [0.15, 0.2) is 29.2 Å². The molecule has 1 aliphatic rings. The fourth-order valence-electron chi connectivity index (χ4n) is 2.50. The number of non-ortho nitro benzene ring substituents is 1. The third-order valence-electron chi connectivity index (χ3n) is 3.85. The largest absolute Gasteiger partial charge is 0.340 e. The van der Waals surface area contributed by atoms with Crippen LogP contribution in [0.2, 0.25) is 0 Å². The van der Waals surface area contributed by atoms with Crippen LogP contribution in [-0.4, -0.2) is 61.2 Å². The van der Waals surface area contributed by atoms with E-state index in [9.17, 15) is 23.3 Å². The maximum Gasteiger partial charge on any atom is 0.270 e. The molecule has 2 N–H and O–H groups in total. The van der Waals surface area contributed by atoms with Crippen molar-refractivity contribution in [2.24, 2.45) is 5.73 Å². The number of piperazine rings is 1. The van der Waals surface area contributed by atoms with Crippen molar-refractivity contribution in [2.75, 3.05) is 32.7 Å². The molecule has 0 radical (unpaired) electrons. The predicted octanol–water partition coefficient (Wildman–Crippen LogP) is 0.167. The van der Waals surface area contributed by atoms with E-state index in [1.807, 2.05) is 0 Å². The van der Waals surface area contributed by atoms with E-state index in [1.165, 1.54) is 22.5 Å². The van der Waals surface area contributed by atoms with E-state index < -0.39 is 14.9 Å². The Kier molecular flexibility index (Phi) is 5.86. The number of hydrogen-bond acceptors (Lipinski definition) is 6. The average Bonchev–Trinajstić information content (AvgIpc) is 2.59. The van der Waals surface area contributed by atoms with Crippen LogP contribution < -0.4 is 5.73 Å². The summed E-state index contributed by atoms with van der Waals surface area (Å²) in [5.41, 5.74) is 5.11. The van der Waals surface area contributed by atoms with Crippen LogP contribution in [0.3, 0.4) is 0 Å². The van der Waals surface area contributed by atoms with Crippen molar-refractivity contribution in [1.29, 1.82) is 0 Å². The summed E-state index contributed by atoms with van der Waals surface area (Å²) < 4.78 is 26.4. The number of carbonyl (C=O) groups is 1. The molecular weight excluding hydrogens is 336 g/mol. The number of hydrogen-bond donors (Lipinski definition) is 1. The highest BCUT2D eigenvalue weighted by Gasteiger charge is 2.30. The molecule has 24 heavy (non-hydrogen) atoms. The van der Waals surface area contributed by atoms with E-state index in [1.54, 1.807) is 4.90 Å². The lowest BCUT2D eigenvalue weighted by Crippen LogP contribution is -2.50. The highest BCUT2D eigenvalue weighted by molar-refractivity contribution is 7.89. The Morgan fingerprint density at radius 2 is 1.92 bits per heavy atom. The number of nitro benzene ring substituents is 1. The SMILES string of the molecule is NCCCC(=O)N1CCN(S(=O)(=O)c2cccc([N+](=O)[O-])c2)CC1. The fraction of sp³-hybridized carbons (Fsp3) is 0.500. The van der Waals surface area contributed by atoms with Gasteiger partial charge in [-0.2, -0.15) is 4.31 Å². The predicted molar refractivity (Wildman–Crippen MR) is 86.7 cm³/mol. The van der Waals surface area contributed by atoms with Crippen molar-refractivity contribution in [1.82, 2.24) is 9.21 Å². The minimum atomic E-state index is -3.81. The quantitative estimate of drug-likeness (QED) is 0.572. The van der Waals surface area contributed by atoms with Gasteiger partial charge < -0.3 is 10.6 Å². The van der Waals surface area contributed by atoms with Gasteiger partial charge in [0.2, 0.25) is 15.9 Å². The summed E-state index contributed by atoms with van der Waals surface area (Å²) in [5, 5.41) is 10.8. The number of nitrogens with two attached hydrogens (primary N) is 1. The summed E-state index contributed by atoms with van der Waals surface area (Å²) in [6, 6.07) is 4.97. The lowest BCUT2D eigenvalue weighted by Gasteiger charge is -2.34. The normalized spacial score (nSPS) is 16.1. The molecule has 1 saturated heterocycles. The van der Waals surface area contributed by atoms with Crippen molar-refractivity contribution >= 4 is 21.6 Å². The molecule has 2 rings (SSSR count). The molecule has 1 heterocycles. The second-order valence-corrected chi connectivity index (χ2v) is 7.37.